The zero-order valence-electron chi connectivity index (χ0n) is 12.9. The molecule has 3 rings (SSSR count). The van der Waals surface area contributed by atoms with Crippen molar-refractivity contribution in [1.82, 2.24) is 15.5 Å². The summed E-state index contributed by atoms with van der Waals surface area (Å²) in [5.41, 5.74) is 0. The van der Waals surface area contributed by atoms with Crippen molar-refractivity contribution < 1.29 is 18.7 Å². The molecule has 0 unspecified atom stereocenters. The van der Waals surface area contributed by atoms with Crippen molar-refractivity contribution in [1.29, 1.82) is 0 Å². The highest BCUT2D eigenvalue weighted by Gasteiger charge is 2.18. The van der Waals surface area contributed by atoms with E-state index in [0.29, 0.717) is 15.8 Å². The molecule has 0 fully saturated rings. The summed E-state index contributed by atoms with van der Waals surface area (Å²) in [5.74, 6) is -0.275. The average molecular weight is 398 g/mol. The SMILES string of the molecule is CCOC(=O)NC(=O)CSc1nnc(-c2sc3ccccc3c2Cl)o1. The second-order valence-corrected chi connectivity index (χ2v) is 7.03. The van der Waals surface area contributed by atoms with Crippen LogP contribution in [0.3, 0.4) is 0 Å². The molecule has 130 valence electrons. The van der Waals surface area contributed by atoms with Crippen LogP contribution in [0.25, 0.3) is 20.9 Å². The number of aromatic nitrogens is 2. The molecule has 0 radical (unpaired) electrons. The molecule has 1 aromatic carbocycles. The van der Waals surface area contributed by atoms with E-state index in [1.54, 1.807) is 6.92 Å². The fourth-order valence-corrected chi connectivity index (χ4v) is 3.95. The molecule has 0 spiro atoms. The number of hydrogen-bond acceptors (Lipinski definition) is 8. The minimum absolute atomic E-state index is 0.0550. The highest BCUT2D eigenvalue weighted by Crippen LogP contribution is 2.41. The number of benzene rings is 1. The Morgan fingerprint density at radius 3 is 2.92 bits per heavy atom. The van der Waals surface area contributed by atoms with Gasteiger partial charge in [0.25, 0.3) is 11.1 Å². The Bertz CT molecular complexity index is 925. The minimum atomic E-state index is -0.781. The molecule has 2 aromatic heterocycles. The van der Waals surface area contributed by atoms with E-state index in [2.05, 4.69) is 20.3 Å². The number of nitrogens with one attached hydrogen (secondary N) is 1. The van der Waals surface area contributed by atoms with Crippen LogP contribution in [0.4, 0.5) is 4.79 Å². The Hall–Kier alpha value is -2.10. The van der Waals surface area contributed by atoms with Crippen LogP contribution in [0.5, 0.6) is 0 Å². The third kappa shape index (κ3) is 4.12. The number of thiophene rings is 1. The molecule has 2 amide bonds. The molecule has 0 aliphatic heterocycles. The normalized spacial score (nSPS) is 10.8. The first-order valence-electron chi connectivity index (χ1n) is 7.18. The standard InChI is InChI=1S/C15H12ClN3O4S2/c1-2-22-14(21)17-10(20)7-24-15-19-18-13(23-15)12-11(16)8-5-3-4-6-9(8)25-12/h3-6H,2,7H2,1H3,(H,17,20,21). The fourth-order valence-electron chi connectivity index (χ4n) is 1.96. The van der Waals surface area contributed by atoms with E-state index in [1.165, 1.54) is 11.3 Å². The molecule has 1 N–H and O–H groups in total. The summed E-state index contributed by atoms with van der Waals surface area (Å²) in [6.07, 6.45) is -0.781. The largest absolute Gasteiger partial charge is 0.450 e. The summed E-state index contributed by atoms with van der Waals surface area (Å²) in [6, 6.07) is 7.71. The van der Waals surface area contributed by atoms with E-state index in [1.807, 2.05) is 24.3 Å². The van der Waals surface area contributed by atoms with Gasteiger partial charge in [0.05, 0.1) is 17.4 Å². The molecule has 0 atom stereocenters. The number of carbonyl (C=O) groups is 2. The maximum absolute atomic E-state index is 11.6. The maximum Gasteiger partial charge on any atom is 0.413 e. The lowest BCUT2D eigenvalue weighted by atomic mass is 10.2. The second-order valence-electron chi connectivity index (χ2n) is 4.67. The Morgan fingerprint density at radius 1 is 1.36 bits per heavy atom. The van der Waals surface area contributed by atoms with Gasteiger partial charge in [0, 0.05) is 10.1 Å². The summed E-state index contributed by atoms with van der Waals surface area (Å²) >= 11 is 8.84. The van der Waals surface area contributed by atoms with Crippen molar-refractivity contribution in [3.8, 4) is 10.8 Å². The minimum Gasteiger partial charge on any atom is -0.450 e. The third-order valence-corrected chi connectivity index (χ3v) is 5.46. The number of rotatable bonds is 5. The van der Waals surface area contributed by atoms with Crippen LogP contribution in [0.2, 0.25) is 5.02 Å². The van der Waals surface area contributed by atoms with E-state index >= 15 is 0 Å². The molecule has 0 aliphatic rings. The average Bonchev–Trinajstić information content (AvgIpc) is 3.18. The molecule has 0 aliphatic carbocycles. The van der Waals surface area contributed by atoms with Gasteiger partial charge in [0.1, 0.15) is 4.88 Å². The highest BCUT2D eigenvalue weighted by molar-refractivity contribution is 7.99. The van der Waals surface area contributed by atoms with Crippen LogP contribution in [-0.4, -0.2) is 34.6 Å². The number of fused-ring (bicyclic) bond motifs is 1. The molecule has 0 saturated heterocycles. The van der Waals surface area contributed by atoms with E-state index in [0.717, 1.165) is 21.8 Å². The van der Waals surface area contributed by atoms with Crippen molar-refractivity contribution in [3.05, 3.63) is 29.3 Å². The van der Waals surface area contributed by atoms with Gasteiger partial charge in [-0.05, 0) is 13.0 Å². The number of thioether (sulfide) groups is 1. The Balaban J connectivity index is 1.67. The van der Waals surface area contributed by atoms with Gasteiger partial charge in [-0.2, -0.15) is 0 Å². The van der Waals surface area contributed by atoms with Gasteiger partial charge in [-0.25, -0.2) is 4.79 Å². The van der Waals surface area contributed by atoms with Crippen molar-refractivity contribution in [2.24, 2.45) is 0 Å². The number of alkyl carbamates (subject to hydrolysis) is 1. The molecule has 0 saturated carbocycles. The van der Waals surface area contributed by atoms with Crippen molar-refractivity contribution in [2.75, 3.05) is 12.4 Å². The summed E-state index contributed by atoms with van der Waals surface area (Å²) < 4.78 is 11.2. The smallest absolute Gasteiger partial charge is 0.413 e. The maximum atomic E-state index is 11.6. The second kappa shape index (κ2) is 7.85. The summed E-state index contributed by atoms with van der Waals surface area (Å²) in [6.45, 7) is 1.84. The third-order valence-electron chi connectivity index (χ3n) is 2.98. The first kappa shape index (κ1) is 17.7. The Labute approximate surface area is 155 Å². The zero-order chi connectivity index (χ0) is 17.8. The van der Waals surface area contributed by atoms with Gasteiger partial charge in [-0.1, -0.05) is 41.6 Å². The van der Waals surface area contributed by atoms with Gasteiger partial charge in [-0.3, -0.25) is 10.1 Å². The fraction of sp³-hybridized carbons (Fsp3) is 0.200. The van der Waals surface area contributed by atoms with Crippen molar-refractivity contribution >= 4 is 56.8 Å². The van der Waals surface area contributed by atoms with Gasteiger partial charge in [0.2, 0.25) is 5.91 Å². The predicted molar refractivity (Wildman–Crippen MR) is 96.0 cm³/mol. The molecular formula is C15H12ClN3O4S2. The van der Waals surface area contributed by atoms with Crippen LogP contribution in [0.15, 0.2) is 33.9 Å². The van der Waals surface area contributed by atoms with Gasteiger partial charge < -0.3 is 9.15 Å². The lowest BCUT2D eigenvalue weighted by Gasteiger charge is -2.02. The highest BCUT2D eigenvalue weighted by atomic mass is 35.5. The van der Waals surface area contributed by atoms with Gasteiger partial charge in [-0.15, -0.1) is 21.5 Å². The Morgan fingerprint density at radius 2 is 2.16 bits per heavy atom. The number of amides is 2. The molecule has 10 heteroatoms. The van der Waals surface area contributed by atoms with Crippen LogP contribution < -0.4 is 5.32 Å². The zero-order valence-corrected chi connectivity index (χ0v) is 15.3. The predicted octanol–water partition coefficient (Wildman–Crippen LogP) is 3.97. The number of carbonyl (C=O) groups excluding carboxylic acids is 2. The number of hydrogen-bond donors (Lipinski definition) is 1. The van der Waals surface area contributed by atoms with Gasteiger partial charge in [0.15, 0.2) is 0 Å². The molecule has 3 aromatic rings. The molecule has 2 heterocycles. The van der Waals surface area contributed by atoms with E-state index < -0.39 is 12.0 Å². The summed E-state index contributed by atoms with van der Waals surface area (Å²) in [4.78, 5) is 23.4. The lowest BCUT2D eigenvalue weighted by molar-refractivity contribution is -0.117. The van der Waals surface area contributed by atoms with E-state index in [4.69, 9.17) is 16.0 Å². The van der Waals surface area contributed by atoms with Crippen LogP contribution in [-0.2, 0) is 9.53 Å². The summed E-state index contributed by atoms with van der Waals surface area (Å²) in [7, 11) is 0. The molecular weight excluding hydrogens is 386 g/mol. The van der Waals surface area contributed by atoms with Crippen LogP contribution >= 0.6 is 34.7 Å². The van der Waals surface area contributed by atoms with E-state index in [9.17, 15) is 9.59 Å². The monoisotopic (exact) mass is 397 g/mol. The molecule has 7 nitrogen and oxygen atoms in total. The lowest BCUT2D eigenvalue weighted by Crippen LogP contribution is -2.32. The van der Waals surface area contributed by atoms with Crippen molar-refractivity contribution in [3.63, 3.8) is 0 Å². The van der Waals surface area contributed by atoms with E-state index in [-0.39, 0.29) is 17.6 Å². The van der Waals surface area contributed by atoms with Crippen LogP contribution in [0, 0.1) is 0 Å². The topological polar surface area (TPSA) is 94.3 Å². The number of nitrogens with zero attached hydrogens (tertiary/aromatic N) is 2. The number of ether oxygens (including phenoxy) is 1. The van der Waals surface area contributed by atoms with Gasteiger partial charge >= 0.3 is 6.09 Å². The number of imide groups is 1. The number of halogens is 1. The van der Waals surface area contributed by atoms with Crippen molar-refractivity contribution in [2.45, 2.75) is 12.1 Å². The Kier molecular flexibility index (Phi) is 5.57. The van der Waals surface area contributed by atoms with Crippen LogP contribution in [0.1, 0.15) is 6.92 Å². The quantitative estimate of drug-likeness (QED) is 0.651. The molecule has 25 heavy (non-hydrogen) atoms. The first-order valence-corrected chi connectivity index (χ1v) is 9.36. The summed E-state index contributed by atoms with van der Waals surface area (Å²) in [5, 5.41) is 11.6. The molecule has 0 bridgehead atoms. The first-order chi connectivity index (χ1) is 12.1.